The summed E-state index contributed by atoms with van der Waals surface area (Å²) in [5, 5.41) is 0. The Kier molecular flexibility index (Phi) is 5.77. The summed E-state index contributed by atoms with van der Waals surface area (Å²) in [6, 6.07) is 18.4. The molecule has 1 heterocycles. The summed E-state index contributed by atoms with van der Waals surface area (Å²) >= 11 is 0. The van der Waals surface area contributed by atoms with Gasteiger partial charge in [0.25, 0.3) is 0 Å². The Bertz CT molecular complexity index is 1010. The van der Waals surface area contributed by atoms with Gasteiger partial charge in [0.15, 0.2) is 6.29 Å². The van der Waals surface area contributed by atoms with Crippen LogP contribution in [0.1, 0.15) is 60.9 Å². The molecule has 0 atom stereocenters. The fraction of sp³-hybridized carbons (Fsp3) is 0.500. The molecular formula is C28H35N3O2. The monoisotopic (exact) mass is 445 g/mol. The van der Waals surface area contributed by atoms with Gasteiger partial charge in [0.1, 0.15) is 0 Å². The Labute approximate surface area is 197 Å². The predicted octanol–water partition coefficient (Wildman–Crippen LogP) is 5.31. The molecule has 0 radical (unpaired) electrons. The molecule has 33 heavy (non-hydrogen) atoms. The van der Waals surface area contributed by atoms with Crippen LogP contribution in [0.3, 0.4) is 0 Å². The third kappa shape index (κ3) is 3.67. The van der Waals surface area contributed by atoms with E-state index in [9.17, 15) is 9.59 Å². The molecule has 1 saturated heterocycles. The first-order chi connectivity index (χ1) is 16.0. The summed E-state index contributed by atoms with van der Waals surface area (Å²) in [6.45, 7) is 1.51. The molecule has 1 spiro atoms. The number of hydrogen-bond donors (Lipinski definition) is 0. The van der Waals surface area contributed by atoms with Crippen molar-refractivity contribution in [2.75, 3.05) is 32.1 Å². The Balaban J connectivity index is 1.47. The molecule has 5 heteroatoms. The molecule has 2 saturated carbocycles. The molecule has 2 aromatic carbocycles. The summed E-state index contributed by atoms with van der Waals surface area (Å²) < 4.78 is 0. The summed E-state index contributed by atoms with van der Waals surface area (Å²) in [5.74, 6) is 0.613. The molecule has 0 N–H and O–H groups in total. The largest absolute Gasteiger partial charge is 0.325 e. The maximum absolute atomic E-state index is 13.8. The number of aldehydes is 1. The maximum atomic E-state index is 13.8. The number of anilines is 1. The Morgan fingerprint density at radius 1 is 0.970 bits per heavy atom. The minimum atomic E-state index is -0.170. The van der Waals surface area contributed by atoms with E-state index in [1.807, 2.05) is 29.2 Å². The minimum absolute atomic E-state index is 0.00811. The van der Waals surface area contributed by atoms with Gasteiger partial charge in [-0.25, -0.2) is 4.79 Å². The van der Waals surface area contributed by atoms with Crippen molar-refractivity contribution in [1.82, 2.24) is 9.80 Å². The van der Waals surface area contributed by atoms with E-state index in [4.69, 9.17) is 0 Å². The zero-order valence-electron chi connectivity index (χ0n) is 19.9. The van der Waals surface area contributed by atoms with E-state index in [1.54, 1.807) is 0 Å². The smallest absolute Gasteiger partial charge is 0.317 e. The van der Waals surface area contributed by atoms with Crippen molar-refractivity contribution in [2.24, 2.45) is 5.92 Å². The van der Waals surface area contributed by atoms with Gasteiger partial charge in [0.05, 0.1) is 17.8 Å². The number of nitrogens with zero attached hydrogens (tertiary/aromatic N) is 3. The molecule has 0 bridgehead atoms. The molecule has 2 amide bonds. The molecule has 3 fully saturated rings. The molecule has 0 unspecified atom stereocenters. The maximum Gasteiger partial charge on any atom is 0.325 e. The summed E-state index contributed by atoms with van der Waals surface area (Å²) in [5.41, 5.74) is 2.53. The topological polar surface area (TPSA) is 43.9 Å². The van der Waals surface area contributed by atoms with Crippen LogP contribution in [0.2, 0.25) is 0 Å². The lowest BCUT2D eigenvalue weighted by Gasteiger charge is -2.51. The first-order valence-corrected chi connectivity index (χ1v) is 12.4. The normalized spacial score (nSPS) is 27.9. The number of para-hydroxylation sites is 1. The predicted molar refractivity (Wildman–Crippen MR) is 132 cm³/mol. The van der Waals surface area contributed by atoms with Gasteiger partial charge in [-0.05, 0) is 76.2 Å². The van der Waals surface area contributed by atoms with Crippen LogP contribution in [0, 0.1) is 5.92 Å². The standard InChI is InChI=1S/C28H35N3O2/c1-29(2)28(24-12-4-3-5-13-24)17-15-27(16-18-28)21-30(25-14-7-6-11-23(25)20-32)26(33)31(27)19-22-9-8-10-22/h3-7,11-14,20,22H,8-10,15-19,21H2,1-2H3. The van der Waals surface area contributed by atoms with Gasteiger partial charge >= 0.3 is 6.03 Å². The number of carbonyl (C=O) groups excluding carboxylic acids is 2. The zero-order valence-corrected chi connectivity index (χ0v) is 19.9. The van der Waals surface area contributed by atoms with Crippen molar-refractivity contribution in [2.45, 2.75) is 56.0 Å². The Hall–Kier alpha value is -2.66. The van der Waals surface area contributed by atoms with Crippen LogP contribution >= 0.6 is 0 Å². The van der Waals surface area contributed by atoms with Crippen molar-refractivity contribution in [3.05, 3.63) is 65.7 Å². The molecule has 5 rings (SSSR count). The van der Waals surface area contributed by atoms with Gasteiger partial charge in [-0.15, -0.1) is 0 Å². The number of benzene rings is 2. The second kappa shape index (κ2) is 8.60. The second-order valence-electron chi connectivity index (χ2n) is 10.5. The van der Waals surface area contributed by atoms with Crippen LogP contribution in [0.15, 0.2) is 54.6 Å². The summed E-state index contributed by atoms with van der Waals surface area (Å²) in [4.78, 5) is 32.0. The van der Waals surface area contributed by atoms with E-state index in [-0.39, 0.29) is 17.1 Å². The Morgan fingerprint density at radius 3 is 2.24 bits per heavy atom. The van der Waals surface area contributed by atoms with Crippen LogP contribution in [-0.4, -0.2) is 54.8 Å². The molecule has 2 aliphatic carbocycles. The quantitative estimate of drug-likeness (QED) is 0.566. The van der Waals surface area contributed by atoms with E-state index < -0.39 is 0 Å². The average molecular weight is 446 g/mol. The lowest BCUT2D eigenvalue weighted by molar-refractivity contribution is 0.0172. The highest BCUT2D eigenvalue weighted by Crippen LogP contribution is 2.50. The zero-order chi connectivity index (χ0) is 23.1. The first kappa shape index (κ1) is 22.1. The SMILES string of the molecule is CN(C)C1(c2ccccc2)CCC2(CC1)CN(c1ccccc1C=O)C(=O)N2CC1CCC1. The fourth-order valence-electron chi connectivity index (χ4n) is 6.32. The van der Waals surface area contributed by atoms with E-state index >= 15 is 0 Å². The highest BCUT2D eigenvalue weighted by Gasteiger charge is 2.55. The molecule has 5 nitrogen and oxygen atoms in total. The third-order valence-electron chi connectivity index (χ3n) is 8.68. The van der Waals surface area contributed by atoms with Gasteiger partial charge in [0, 0.05) is 17.6 Å². The van der Waals surface area contributed by atoms with Crippen LogP contribution in [0.4, 0.5) is 10.5 Å². The van der Waals surface area contributed by atoms with E-state index in [0.29, 0.717) is 18.0 Å². The number of hydrogen-bond acceptors (Lipinski definition) is 3. The number of amides is 2. The van der Waals surface area contributed by atoms with Gasteiger partial charge in [-0.1, -0.05) is 48.9 Å². The van der Waals surface area contributed by atoms with Crippen molar-refractivity contribution >= 4 is 18.0 Å². The molecule has 0 aromatic heterocycles. The van der Waals surface area contributed by atoms with Gasteiger partial charge in [0.2, 0.25) is 0 Å². The minimum Gasteiger partial charge on any atom is -0.317 e. The third-order valence-corrected chi connectivity index (χ3v) is 8.68. The second-order valence-corrected chi connectivity index (χ2v) is 10.5. The van der Waals surface area contributed by atoms with Gasteiger partial charge in [-0.2, -0.15) is 0 Å². The lowest BCUT2D eigenvalue weighted by atomic mass is 9.68. The number of rotatable bonds is 6. The summed E-state index contributed by atoms with van der Waals surface area (Å²) in [7, 11) is 4.37. The lowest BCUT2D eigenvalue weighted by Crippen LogP contribution is -2.56. The van der Waals surface area contributed by atoms with Crippen LogP contribution in [-0.2, 0) is 5.54 Å². The van der Waals surface area contributed by atoms with Crippen LogP contribution in [0.25, 0.3) is 0 Å². The highest BCUT2D eigenvalue weighted by molar-refractivity contribution is 6.00. The molecule has 174 valence electrons. The Morgan fingerprint density at radius 2 is 1.64 bits per heavy atom. The van der Waals surface area contributed by atoms with Crippen molar-refractivity contribution in [3.8, 4) is 0 Å². The molecule has 2 aromatic rings. The molecular weight excluding hydrogens is 410 g/mol. The van der Waals surface area contributed by atoms with E-state index in [1.165, 1.54) is 24.8 Å². The number of urea groups is 1. The van der Waals surface area contributed by atoms with Crippen LogP contribution in [0.5, 0.6) is 0 Å². The van der Waals surface area contributed by atoms with Crippen molar-refractivity contribution in [3.63, 3.8) is 0 Å². The van der Waals surface area contributed by atoms with Crippen molar-refractivity contribution in [1.29, 1.82) is 0 Å². The first-order valence-electron chi connectivity index (χ1n) is 12.4. The fourth-order valence-corrected chi connectivity index (χ4v) is 6.32. The van der Waals surface area contributed by atoms with Gasteiger partial charge in [-0.3, -0.25) is 14.6 Å². The number of carbonyl (C=O) groups is 2. The highest BCUT2D eigenvalue weighted by atomic mass is 16.2. The van der Waals surface area contributed by atoms with Crippen molar-refractivity contribution < 1.29 is 9.59 Å². The van der Waals surface area contributed by atoms with E-state index in [2.05, 4.69) is 54.2 Å². The summed E-state index contributed by atoms with van der Waals surface area (Å²) in [6.07, 6.45) is 8.55. The molecule has 1 aliphatic heterocycles. The van der Waals surface area contributed by atoms with Crippen LogP contribution < -0.4 is 4.90 Å². The van der Waals surface area contributed by atoms with E-state index in [0.717, 1.165) is 44.2 Å². The average Bonchev–Trinajstić information content (AvgIpc) is 3.08. The van der Waals surface area contributed by atoms with Gasteiger partial charge < -0.3 is 4.90 Å². The molecule has 3 aliphatic rings.